The lowest BCUT2D eigenvalue weighted by molar-refractivity contribution is -0.145. The van der Waals surface area contributed by atoms with Crippen LogP contribution in [0.4, 0.5) is 4.79 Å². The van der Waals surface area contributed by atoms with Crippen LogP contribution in [-0.4, -0.2) is 53.5 Å². The highest BCUT2D eigenvalue weighted by Crippen LogP contribution is 2.33. The Labute approximate surface area is 125 Å². The first kappa shape index (κ1) is 16.1. The van der Waals surface area contributed by atoms with Gasteiger partial charge in [-0.1, -0.05) is 0 Å². The summed E-state index contributed by atoms with van der Waals surface area (Å²) in [4.78, 5) is 24.9. The first-order valence-corrected chi connectivity index (χ1v) is 7.60. The van der Waals surface area contributed by atoms with Crippen LogP contribution in [0.1, 0.15) is 40.0 Å². The highest BCUT2D eigenvalue weighted by Gasteiger charge is 2.41. The number of hydrogen-bond donors (Lipinski definition) is 1. The molecule has 6 heteroatoms. The lowest BCUT2D eigenvalue weighted by Gasteiger charge is -2.36. The van der Waals surface area contributed by atoms with Gasteiger partial charge in [-0.2, -0.15) is 0 Å². The molecule has 0 aromatic carbocycles. The second kappa shape index (κ2) is 6.22. The molecule has 2 saturated heterocycles. The lowest BCUT2D eigenvalue weighted by Crippen LogP contribution is -2.45. The predicted octanol–water partition coefficient (Wildman–Crippen LogP) is 2.12. The van der Waals surface area contributed by atoms with Crippen molar-refractivity contribution in [3.63, 3.8) is 0 Å². The van der Waals surface area contributed by atoms with Crippen LogP contribution >= 0.6 is 0 Å². The van der Waals surface area contributed by atoms with Gasteiger partial charge in [0.05, 0.1) is 12.0 Å². The maximum absolute atomic E-state index is 12.0. The number of hydrogen-bond acceptors (Lipinski definition) is 4. The highest BCUT2D eigenvalue weighted by atomic mass is 16.6. The van der Waals surface area contributed by atoms with E-state index >= 15 is 0 Å². The molecular formula is C15H25NO5. The Kier molecular flexibility index (Phi) is 4.76. The summed E-state index contributed by atoms with van der Waals surface area (Å²) in [6.07, 6.45) is 1.64. The Balaban J connectivity index is 1.86. The van der Waals surface area contributed by atoms with Gasteiger partial charge in [0.2, 0.25) is 0 Å². The van der Waals surface area contributed by atoms with Crippen molar-refractivity contribution in [2.24, 2.45) is 11.8 Å². The molecule has 120 valence electrons. The number of carboxylic acids is 1. The molecule has 2 aliphatic rings. The van der Waals surface area contributed by atoms with Gasteiger partial charge in [0.1, 0.15) is 5.60 Å². The van der Waals surface area contributed by atoms with E-state index in [1.807, 2.05) is 20.8 Å². The van der Waals surface area contributed by atoms with Crippen molar-refractivity contribution in [3.8, 4) is 0 Å². The van der Waals surface area contributed by atoms with Crippen LogP contribution in [0.5, 0.6) is 0 Å². The van der Waals surface area contributed by atoms with Crippen LogP contribution in [0.3, 0.4) is 0 Å². The van der Waals surface area contributed by atoms with Crippen LogP contribution in [0.25, 0.3) is 0 Å². The fraction of sp³-hybridized carbons (Fsp3) is 0.867. The normalized spacial score (nSPS) is 27.7. The average Bonchev–Trinajstić information content (AvgIpc) is 2.86. The Morgan fingerprint density at radius 1 is 1.19 bits per heavy atom. The minimum atomic E-state index is -0.771. The van der Waals surface area contributed by atoms with Gasteiger partial charge in [0.15, 0.2) is 0 Å². The zero-order valence-electron chi connectivity index (χ0n) is 13.0. The van der Waals surface area contributed by atoms with E-state index in [1.54, 1.807) is 4.90 Å². The quantitative estimate of drug-likeness (QED) is 0.845. The first-order valence-electron chi connectivity index (χ1n) is 7.60. The monoisotopic (exact) mass is 299 g/mol. The molecule has 2 fully saturated rings. The molecule has 2 atom stereocenters. The number of likely N-dealkylation sites (tertiary alicyclic amines) is 1. The SMILES string of the molecule is CC(C)(C)OC(=O)N1CCC(C2OCCC2C(=O)O)CC1. The summed E-state index contributed by atoms with van der Waals surface area (Å²) >= 11 is 0. The molecule has 0 aromatic rings. The van der Waals surface area contributed by atoms with Crippen LogP contribution in [-0.2, 0) is 14.3 Å². The molecule has 2 rings (SSSR count). The van der Waals surface area contributed by atoms with Gasteiger partial charge < -0.3 is 19.5 Å². The van der Waals surface area contributed by atoms with Gasteiger partial charge in [0, 0.05) is 19.7 Å². The van der Waals surface area contributed by atoms with Crippen molar-refractivity contribution in [2.45, 2.75) is 51.7 Å². The molecule has 21 heavy (non-hydrogen) atoms. The van der Waals surface area contributed by atoms with Crippen molar-refractivity contribution in [2.75, 3.05) is 19.7 Å². The Hall–Kier alpha value is -1.30. The van der Waals surface area contributed by atoms with Crippen LogP contribution in [0.2, 0.25) is 0 Å². The van der Waals surface area contributed by atoms with Gasteiger partial charge in [-0.25, -0.2) is 4.79 Å². The van der Waals surface area contributed by atoms with Gasteiger partial charge >= 0.3 is 12.1 Å². The minimum absolute atomic E-state index is 0.205. The zero-order valence-corrected chi connectivity index (χ0v) is 13.0. The average molecular weight is 299 g/mol. The molecule has 0 aliphatic carbocycles. The van der Waals surface area contributed by atoms with Gasteiger partial charge in [-0.15, -0.1) is 0 Å². The van der Waals surface area contributed by atoms with Gasteiger partial charge in [-0.05, 0) is 46.0 Å². The zero-order chi connectivity index (χ0) is 15.6. The summed E-state index contributed by atoms with van der Waals surface area (Å²) in [6, 6.07) is 0. The summed E-state index contributed by atoms with van der Waals surface area (Å²) in [5.41, 5.74) is -0.489. The molecule has 2 aliphatic heterocycles. The summed E-state index contributed by atoms with van der Waals surface area (Å²) in [7, 11) is 0. The number of carboxylic acid groups (broad SMARTS) is 1. The Bertz CT molecular complexity index is 395. The number of rotatable bonds is 2. The Morgan fingerprint density at radius 3 is 2.33 bits per heavy atom. The van der Waals surface area contributed by atoms with Gasteiger partial charge in [-0.3, -0.25) is 4.79 Å². The molecule has 1 N–H and O–H groups in total. The second-order valence-electron chi connectivity index (χ2n) is 6.87. The van der Waals surface area contributed by atoms with Gasteiger partial charge in [0.25, 0.3) is 0 Å². The van der Waals surface area contributed by atoms with E-state index in [4.69, 9.17) is 9.47 Å². The molecule has 0 bridgehead atoms. The maximum atomic E-state index is 12.0. The number of carbonyl (C=O) groups excluding carboxylic acids is 1. The molecule has 1 amide bonds. The fourth-order valence-corrected chi connectivity index (χ4v) is 3.08. The van der Waals surface area contributed by atoms with Crippen molar-refractivity contribution in [1.29, 1.82) is 0 Å². The van der Waals surface area contributed by atoms with Crippen LogP contribution in [0, 0.1) is 11.8 Å². The molecule has 0 saturated carbocycles. The molecule has 0 spiro atoms. The van der Waals surface area contributed by atoms with E-state index in [0.717, 1.165) is 12.8 Å². The summed E-state index contributed by atoms with van der Waals surface area (Å²) in [6.45, 7) is 7.27. The number of piperidine rings is 1. The van der Waals surface area contributed by atoms with Crippen LogP contribution in [0.15, 0.2) is 0 Å². The summed E-state index contributed by atoms with van der Waals surface area (Å²) in [5.74, 6) is -0.956. The van der Waals surface area contributed by atoms with Crippen LogP contribution < -0.4 is 0 Å². The van der Waals surface area contributed by atoms with Crippen molar-refractivity contribution in [3.05, 3.63) is 0 Å². The van der Waals surface area contributed by atoms with E-state index in [1.165, 1.54) is 0 Å². The van der Waals surface area contributed by atoms with E-state index in [9.17, 15) is 14.7 Å². The summed E-state index contributed by atoms with van der Waals surface area (Å²) in [5, 5.41) is 9.22. The molecule has 2 heterocycles. The topological polar surface area (TPSA) is 76.1 Å². The number of ether oxygens (including phenoxy) is 2. The van der Waals surface area contributed by atoms with E-state index < -0.39 is 17.5 Å². The van der Waals surface area contributed by atoms with E-state index in [2.05, 4.69) is 0 Å². The fourth-order valence-electron chi connectivity index (χ4n) is 3.08. The standard InChI is InChI=1S/C15H25NO5/c1-15(2,3)21-14(19)16-7-4-10(5-8-16)12-11(13(17)18)6-9-20-12/h10-12H,4-9H2,1-3H3,(H,17,18). The highest BCUT2D eigenvalue weighted by molar-refractivity contribution is 5.71. The number of carbonyl (C=O) groups is 2. The number of aliphatic carboxylic acids is 1. The van der Waals surface area contributed by atoms with Crippen molar-refractivity contribution >= 4 is 12.1 Å². The molecular weight excluding hydrogens is 274 g/mol. The largest absolute Gasteiger partial charge is 0.481 e. The van der Waals surface area contributed by atoms with E-state index in [-0.39, 0.29) is 18.1 Å². The third-order valence-corrected chi connectivity index (χ3v) is 4.11. The minimum Gasteiger partial charge on any atom is -0.481 e. The van der Waals surface area contributed by atoms with Crippen molar-refractivity contribution in [1.82, 2.24) is 4.90 Å². The van der Waals surface area contributed by atoms with E-state index in [0.29, 0.717) is 26.1 Å². The second-order valence-corrected chi connectivity index (χ2v) is 6.87. The predicted molar refractivity (Wildman–Crippen MR) is 76.0 cm³/mol. The Morgan fingerprint density at radius 2 is 1.81 bits per heavy atom. The smallest absolute Gasteiger partial charge is 0.410 e. The first-order chi connectivity index (χ1) is 9.78. The molecule has 0 radical (unpaired) electrons. The molecule has 2 unspecified atom stereocenters. The maximum Gasteiger partial charge on any atom is 0.410 e. The summed E-state index contributed by atoms with van der Waals surface area (Å²) < 4.78 is 11.0. The number of nitrogens with zero attached hydrogens (tertiary/aromatic N) is 1. The molecule has 0 aromatic heterocycles. The number of amides is 1. The van der Waals surface area contributed by atoms with Crippen molar-refractivity contribution < 1.29 is 24.2 Å². The molecule has 6 nitrogen and oxygen atoms in total. The third-order valence-electron chi connectivity index (χ3n) is 4.11. The third kappa shape index (κ3) is 4.09. The lowest BCUT2D eigenvalue weighted by atomic mass is 9.84.